The molecule has 0 radical (unpaired) electrons. The molecular formula is C16H25N5O. The second kappa shape index (κ2) is 5.68. The molecule has 0 atom stereocenters. The minimum atomic E-state index is 0.705. The quantitative estimate of drug-likeness (QED) is 0.791. The zero-order valence-electron chi connectivity index (χ0n) is 14.1. The molecule has 0 N–H and O–H groups in total. The van der Waals surface area contributed by atoms with Gasteiger partial charge in [-0.1, -0.05) is 6.92 Å². The van der Waals surface area contributed by atoms with E-state index in [0.29, 0.717) is 6.67 Å². The van der Waals surface area contributed by atoms with Crippen LogP contribution in [-0.2, 0) is 4.84 Å². The maximum absolute atomic E-state index is 5.36. The Morgan fingerprint density at radius 1 is 1.36 bits per heavy atom. The molecule has 0 saturated carbocycles. The second-order valence-corrected chi connectivity index (χ2v) is 6.10. The third-order valence-electron chi connectivity index (χ3n) is 4.19. The normalized spacial score (nSPS) is 20.6. The summed E-state index contributed by atoms with van der Waals surface area (Å²) < 4.78 is 0. The van der Waals surface area contributed by atoms with Gasteiger partial charge in [-0.05, 0) is 18.9 Å². The predicted molar refractivity (Wildman–Crippen MR) is 87.4 cm³/mol. The highest BCUT2D eigenvalue weighted by Crippen LogP contribution is 2.37. The lowest BCUT2D eigenvalue weighted by molar-refractivity contribution is -0.0971. The van der Waals surface area contributed by atoms with Crippen molar-refractivity contribution in [2.75, 3.05) is 41.0 Å². The summed E-state index contributed by atoms with van der Waals surface area (Å²) >= 11 is 0. The van der Waals surface area contributed by atoms with E-state index < -0.39 is 0 Å². The first-order valence-electron chi connectivity index (χ1n) is 7.77. The van der Waals surface area contributed by atoms with Crippen LogP contribution in [-0.4, -0.2) is 66.9 Å². The van der Waals surface area contributed by atoms with Crippen molar-refractivity contribution in [2.24, 2.45) is 4.99 Å². The van der Waals surface area contributed by atoms with Crippen LogP contribution in [0, 0.1) is 0 Å². The zero-order valence-corrected chi connectivity index (χ0v) is 14.1. The minimum Gasteiger partial charge on any atom is -0.376 e. The third-order valence-corrected chi connectivity index (χ3v) is 4.19. The molecule has 0 spiro atoms. The third kappa shape index (κ3) is 2.27. The summed E-state index contributed by atoms with van der Waals surface area (Å²) in [5, 5.41) is 1.84. The van der Waals surface area contributed by atoms with E-state index in [-0.39, 0.29) is 0 Å². The topological polar surface area (TPSA) is 34.5 Å². The van der Waals surface area contributed by atoms with Gasteiger partial charge in [-0.2, -0.15) is 0 Å². The van der Waals surface area contributed by atoms with Crippen LogP contribution in [0.3, 0.4) is 0 Å². The lowest BCUT2D eigenvalue weighted by Crippen LogP contribution is -2.43. The Balaban J connectivity index is 2.06. The summed E-state index contributed by atoms with van der Waals surface area (Å²) in [4.78, 5) is 17.0. The highest BCUT2D eigenvalue weighted by Gasteiger charge is 2.36. The minimum absolute atomic E-state index is 0.705. The van der Waals surface area contributed by atoms with Crippen molar-refractivity contribution in [2.45, 2.75) is 20.3 Å². The van der Waals surface area contributed by atoms with Gasteiger partial charge in [-0.3, -0.25) is 4.84 Å². The SMILES string of the molecule is CCCN1CC(C)=C(N(C)C)C2=C1N1CN(OC)C=C1C=N2. The molecule has 0 fully saturated rings. The maximum Gasteiger partial charge on any atom is 0.139 e. The van der Waals surface area contributed by atoms with Gasteiger partial charge in [-0.25, -0.2) is 10.1 Å². The maximum atomic E-state index is 5.36. The molecule has 120 valence electrons. The molecule has 6 nitrogen and oxygen atoms in total. The van der Waals surface area contributed by atoms with Crippen LogP contribution < -0.4 is 0 Å². The van der Waals surface area contributed by atoms with E-state index in [2.05, 4.69) is 42.6 Å². The van der Waals surface area contributed by atoms with Crippen molar-refractivity contribution in [3.05, 3.63) is 34.7 Å². The van der Waals surface area contributed by atoms with Gasteiger partial charge in [0, 0.05) is 27.2 Å². The summed E-state index contributed by atoms with van der Waals surface area (Å²) in [5.41, 5.74) is 4.75. The van der Waals surface area contributed by atoms with Crippen LogP contribution in [0.15, 0.2) is 39.7 Å². The van der Waals surface area contributed by atoms with Crippen LogP contribution >= 0.6 is 0 Å². The first-order valence-corrected chi connectivity index (χ1v) is 7.77. The van der Waals surface area contributed by atoms with E-state index in [4.69, 9.17) is 9.83 Å². The molecule has 0 aromatic carbocycles. The Morgan fingerprint density at radius 3 is 2.77 bits per heavy atom. The number of likely N-dealkylation sites (N-methyl/N-ethyl adjacent to an activating group) is 1. The van der Waals surface area contributed by atoms with E-state index >= 15 is 0 Å². The van der Waals surface area contributed by atoms with Crippen molar-refractivity contribution in [3.8, 4) is 0 Å². The number of hydrogen-bond donors (Lipinski definition) is 0. The molecule has 22 heavy (non-hydrogen) atoms. The van der Waals surface area contributed by atoms with Gasteiger partial charge >= 0.3 is 0 Å². The Bertz CT molecular complexity index is 587. The number of nitrogens with zero attached hydrogens (tertiary/aromatic N) is 5. The highest BCUT2D eigenvalue weighted by molar-refractivity contribution is 5.82. The first kappa shape index (κ1) is 15.0. The molecule has 3 aliphatic rings. The van der Waals surface area contributed by atoms with Crippen molar-refractivity contribution < 1.29 is 4.84 Å². The molecule has 3 rings (SSSR count). The van der Waals surface area contributed by atoms with Gasteiger partial charge in [0.1, 0.15) is 18.2 Å². The number of fused-ring (bicyclic) bond motifs is 2. The van der Waals surface area contributed by atoms with Gasteiger partial charge in [0.2, 0.25) is 0 Å². The van der Waals surface area contributed by atoms with Crippen LogP contribution in [0.1, 0.15) is 20.3 Å². The van der Waals surface area contributed by atoms with E-state index in [1.807, 2.05) is 17.5 Å². The molecule has 3 heterocycles. The van der Waals surface area contributed by atoms with E-state index in [9.17, 15) is 0 Å². The predicted octanol–water partition coefficient (Wildman–Crippen LogP) is 1.78. The van der Waals surface area contributed by atoms with E-state index in [0.717, 1.165) is 30.9 Å². The standard InChI is InChI=1S/C16H25N5O/c1-6-7-19-9-12(2)15(18(3)4)14-16(19)21-11-20(22-5)10-13(21)8-17-14/h8,10H,6-7,9,11H2,1-5H3. The van der Waals surface area contributed by atoms with Gasteiger partial charge < -0.3 is 14.7 Å². The second-order valence-electron chi connectivity index (χ2n) is 6.10. The molecule has 0 saturated heterocycles. The molecule has 0 aromatic heterocycles. The Labute approximate surface area is 132 Å². The van der Waals surface area contributed by atoms with E-state index in [1.54, 1.807) is 7.11 Å². The Kier molecular flexibility index (Phi) is 3.87. The van der Waals surface area contributed by atoms with Gasteiger partial charge in [-0.15, -0.1) is 0 Å². The Morgan fingerprint density at radius 2 is 2.14 bits per heavy atom. The molecule has 6 heteroatoms. The van der Waals surface area contributed by atoms with Crippen LogP contribution in [0.25, 0.3) is 0 Å². The smallest absolute Gasteiger partial charge is 0.139 e. The number of allylic oxidation sites excluding steroid dienone is 1. The highest BCUT2D eigenvalue weighted by atomic mass is 16.7. The number of hydroxylamine groups is 2. The molecular weight excluding hydrogens is 278 g/mol. The average molecular weight is 303 g/mol. The van der Waals surface area contributed by atoms with Gasteiger partial charge in [0.05, 0.1) is 30.9 Å². The average Bonchev–Trinajstić information content (AvgIpc) is 2.89. The summed E-state index contributed by atoms with van der Waals surface area (Å²) in [6.45, 7) is 7.11. The summed E-state index contributed by atoms with van der Waals surface area (Å²) in [7, 11) is 5.87. The summed E-state index contributed by atoms with van der Waals surface area (Å²) in [6.07, 6.45) is 5.05. The fraction of sp³-hybridized carbons (Fsp3) is 0.562. The molecule has 0 bridgehead atoms. The number of hydrogen-bond acceptors (Lipinski definition) is 6. The summed E-state index contributed by atoms with van der Waals surface area (Å²) in [6, 6.07) is 0. The fourth-order valence-corrected chi connectivity index (χ4v) is 3.37. The lowest BCUT2D eigenvalue weighted by Gasteiger charge is -2.42. The number of rotatable bonds is 4. The van der Waals surface area contributed by atoms with Gasteiger partial charge in [0.25, 0.3) is 0 Å². The fourth-order valence-electron chi connectivity index (χ4n) is 3.37. The van der Waals surface area contributed by atoms with Gasteiger partial charge in [0.15, 0.2) is 0 Å². The molecule has 0 unspecified atom stereocenters. The largest absolute Gasteiger partial charge is 0.376 e. The van der Waals surface area contributed by atoms with Crippen molar-refractivity contribution in [3.63, 3.8) is 0 Å². The molecule has 0 aromatic rings. The van der Waals surface area contributed by atoms with Crippen molar-refractivity contribution in [1.29, 1.82) is 0 Å². The monoisotopic (exact) mass is 303 g/mol. The molecule has 0 amide bonds. The summed E-state index contributed by atoms with van der Waals surface area (Å²) in [5.74, 6) is 1.20. The van der Waals surface area contributed by atoms with Crippen LogP contribution in [0.4, 0.5) is 0 Å². The van der Waals surface area contributed by atoms with E-state index in [1.165, 1.54) is 17.1 Å². The Hall–Kier alpha value is -1.95. The van der Waals surface area contributed by atoms with Crippen LogP contribution in [0.5, 0.6) is 0 Å². The van der Waals surface area contributed by atoms with Crippen LogP contribution in [0.2, 0.25) is 0 Å². The molecule has 3 aliphatic heterocycles. The first-order chi connectivity index (χ1) is 10.6. The lowest BCUT2D eigenvalue weighted by atomic mass is 10.1. The number of aliphatic imine (C=N–C) groups is 1. The molecule has 0 aliphatic carbocycles. The van der Waals surface area contributed by atoms with Crippen molar-refractivity contribution >= 4 is 6.21 Å². The zero-order chi connectivity index (χ0) is 15.9. The van der Waals surface area contributed by atoms with Crippen molar-refractivity contribution in [1.82, 2.24) is 19.8 Å².